The van der Waals surface area contributed by atoms with Gasteiger partial charge in [-0.2, -0.15) is 0 Å². The zero-order valence-electron chi connectivity index (χ0n) is 8.11. The first-order valence-corrected chi connectivity index (χ1v) is 2.29. The van der Waals surface area contributed by atoms with E-state index in [1.165, 1.54) is 19.2 Å². The fraction of sp³-hybridized carbons (Fsp3) is 0.750. The predicted octanol–water partition coefficient (Wildman–Crippen LogP) is -5.96. The van der Waals surface area contributed by atoms with Crippen LogP contribution in [0.15, 0.2) is 5.34 Å². The molecule has 0 aromatic heterocycles. The molecule has 0 rings (SSSR count). The predicted molar refractivity (Wildman–Crippen MR) is 41.0 cm³/mol. The Kier molecular flexibility index (Phi) is 72.4. The average Bonchev–Trinajstić information content (AvgIpc) is 1.64. The largest absolute Gasteiger partial charge is 4.00 e. The van der Waals surface area contributed by atoms with E-state index in [1.54, 1.807) is 0 Å². The topological polar surface area (TPSA) is 184 Å². The molecule has 15 heavy (non-hydrogen) atoms. The monoisotopic (exact) mass is 447 g/mol. The minimum absolute atomic E-state index is 0. The van der Waals surface area contributed by atoms with Crippen LogP contribution in [0, 0.1) is 4.91 Å². The second kappa shape index (κ2) is 23.7. The van der Waals surface area contributed by atoms with Gasteiger partial charge in [-0.3, -0.25) is 0 Å². The molecule has 11 heteroatoms. The molecular formula is C4H14Cl2N4O4Pt. The van der Waals surface area contributed by atoms with Crippen molar-refractivity contribution < 1.29 is 61.0 Å². The summed E-state index contributed by atoms with van der Waals surface area (Å²) in [5.74, 6) is -1.34. The number of nitrogens with one attached hydrogen (secondary N) is 1. The van der Waals surface area contributed by atoms with Gasteiger partial charge in [0.05, 0.1) is 0 Å². The molecule has 0 saturated carbocycles. The van der Waals surface area contributed by atoms with Gasteiger partial charge in [-0.1, -0.05) is 19.4 Å². The Hall–Kier alpha value is 0.0183. The van der Waals surface area contributed by atoms with Crippen LogP contribution in [-0.4, -0.2) is 16.7 Å². The van der Waals surface area contributed by atoms with Gasteiger partial charge >= 0.3 is 21.1 Å². The molecule has 8 nitrogen and oxygen atoms in total. The van der Waals surface area contributed by atoms with E-state index >= 15 is 0 Å². The van der Waals surface area contributed by atoms with Crippen LogP contribution in [0.3, 0.4) is 0 Å². The number of halogens is 2. The van der Waals surface area contributed by atoms with Gasteiger partial charge in [-0.15, -0.1) is 4.91 Å². The molecule has 0 bridgehead atoms. The standard InChI is InChI=1S/C4H8NO2.2ClH.HNO2.2H3N.Pt/c1-4(2,5)3(6)7;;;2-1-3;;;/h5H,1-2H3,(H,6,7);2*1H;(H,2,3);2*1H3;/q-1;;;;;;+4/p-3. The third-order valence-electron chi connectivity index (χ3n) is 0.510. The van der Waals surface area contributed by atoms with Crippen molar-refractivity contribution >= 4 is 5.97 Å². The number of aliphatic carboxylic acids is 1. The maximum Gasteiger partial charge on any atom is 4.00 e. The van der Waals surface area contributed by atoms with Gasteiger partial charge in [0.1, 0.15) is 0 Å². The quantitative estimate of drug-likeness (QED) is 0.265. The van der Waals surface area contributed by atoms with Crippen LogP contribution in [0.25, 0.3) is 5.73 Å². The molecule has 0 heterocycles. The molecular weight excluding hydrogens is 434 g/mol. The van der Waals surface area contributed by atoms with Crippen molar-refractivity contribution in [1.82, 2.24) is 12.3 Å². The van der Waals surface area contributed by atoms with Gasteiger partial charge in [0.25, 0.3) is 0 Å². The van der Waals surface area contributed by atoms with E-state index in [4.69, 9.17) is 15.8 Å². The van der Waals surface area contributed by atoms with Gasteiger partial charge in [0, 0.05) is 5.97 Å². The molecule has 0 fully saturated rings. The van der Waals surface area contributed by atoms with Crippen molar-refractivity contribution in [3.63, 3.8) is 0 Å². The van der Waals surface area contributed by atoms with E-state index in [2.05, 4.69) is 0 Å². The van der Waals surface area contributed by atoms with E-state index in [0.29, 0.717) is 0 Å². The summed E-state index contributed by atoms with van der Waals surface area (Å²) in [5.41, 5.74) is 5.28. The van der Waals surface area contributed by atoms with Gasteiger partial charge in [-0.05, 0) is 0 Å². The number of rotatable bonds is 1. The number of hydrogen-bond acceptors (Lipinski definition) is 6. The molecule has 0 aromatic carbocycles. The number of carboxylic acids is 1. The third kappa shape index (κ3) is 55.9. The Labute approximate surface area is 115 Å². The summed E-state index contributed by atoms with van der Waals surface area (Å²) >= 11 is 0. The van der Waals surface area contributed by atoms with Crippen molar-refractivity contribution in [3.8, 4) is 0 Å². The second-order valence-corrected chi connectivity index (χ2v) is 1.99. The molecule has 0 atom stereocenters. The number of nitrogens with zero attached hydrogens (tertiary/aromatic N) is 1. The van der Waals surface area contributed by atoms with Crippen molar-refractivity contribution in [2.45, 2.75) is 19.4 Å². The molecule has 8 N–H and O–H groups in total. The second-order valence-electron chi connectivity index (χ2n) is 1.99. The Morgan fingerprint density at radius 3 is 1.40 bits per heavy atom. The maximum atomic E-state index is 9.72. The van der Waals surface area contributed by atoms with Crippen LogP contribution in [-0.2, 0) is 25.9 Å². The fourth-order valence-corrected chi connectivity index (χ4v) is 0. The summed E-state index contributed by atoms with van der Waals surface area (Å²) in [4.78, 5) is 17.8. The molecule has 0 spiro atoms. The molecule has 0 aliphatic heterocycles. The van der Waals surface area contributed by atoms with E-state index in [9.17, 15) is 9.90 Å². The number of carbonyl (C=O) groups excluding carboxylic acids is 1. The first-order valence-electron chi connectivity index (χ1n) is 2.29. The Bertz CT molecular complexity index is 134. The number of carbonyl (C=O) groups is 1. The molecule has 0 unspecified atom stereocenters. The van der Waals surface area contributed by atoms with Crippen LogP contribution >= 0.6 is 0 Å². The molecule has 0 aromatic rings. The van der Waals surface area contributed by atoms with Gasteiger partial charge in [0.2, 0.25) is 0 Å². The summed E-state index contributed by atoms with van der Waals surface area (Å²) in [6.07, 6.45) is 0. The summed E-state index contributed by atoms with van der Waals surface area (Å²) in [5, 5.41) is 17.6. The Balaban J connectivity index is -0.0000000147. The van der Waals surface area contributed by atoms with Gasteiger partial charge in [0.15, 0.2) is 5.34 Å². The van der Waals surface area contributed by atoms with Crippen LogP contribution < -0.4 is 42.2 Å². The summed E-state index contributed by atoms with van der Waals surface area (Å²) < 4.78 is 0. The van der Waals surface area contributed by atoms with E-state index < -0.39 is 11.5 Å². The first kappa shape index (κ1) is 45.9. The maximum absolute atomic E-state index is 9.72. The average molecular weight is 448 g/mol. The minimum atomic E-state index is -1.44. The van der Waals surface area contributed by atoms with Gasteiger partial charge < -0.3 is 58.0 Å². The first-order chi connectivity index (χ1) is 4.36. The van der Waals surface area contributed by atoms with E-state index in [-0.39, 0.29) is 58.2 Å². The fourth-order valence-electron chi connectivity index (χ4n) is 0. The SMILES string of the molecule is CC(C)([NH-])C(=O)[O-].N.N.O=NO.[Cl-].[Cl-].[Pt+4]. The minimum Gasteiger partial charge on any atom is -1.00 e. The Morgan fingerprint density at radius 2 is 1.40 bits per heavy atom. The molecule has 0 saturated heterocycles. The van der Waals surface area contributed by atoms with Gasteiger partial charge in [-0.25, -0.2) is 0 Å². The van der Waals surface area contributed by atoms with Crippen molar-refractivity contribution in [2.24, 2.45) is 5.34 Å². The normalized spacial score (nSPS) is 6.07. The molecule has 0 aliphatic rings. The van der Waals surface area contributed by atoms with Crippen LogP contribution in [0.1, 0.15) is 13.8 Å². The third-order valence-corrected chi connectivity index (χ3v) is 0.510. The number of carboxylic acid groups (broad SMARTS) is 1. The number of hydrogen-bond donors (Lipinski definition) is 3. The zero-order chi connectivity index (χ0) is 8.78. The molecule has 0 radical (unpaired) electrons. The summed E-state index contributed by atoms with van der Waals surface area (Å²) in [6, 6.07) is 0. The summed E-state index contributed by atoms with van der Waals surface area (Å²) in [6.45, 7) is 2.53. The van der Waals surface area contributed by atoms with Crippen LogP contribution in [0.4, 0.5) is 0 Å². The molecule has 0 amide bonds. The van der Waals surface area contributed by atoms with Crippen LogP contribution in [0.5, 0.6) is 0 Å². The molecule has 0 aliphatic carbocycles. The Morgan fingerprint density at radius 1 is 1.33 bits per heavy atom. The van der Waals surface area contributed by atoms with E-state index in [1.807, 2.05) is 0 Å². The van der Waals surface area contributed by atoms with E-state index in [0.717, 1.165) is 0 Å². The van der Waals surface area contributed by atoms with Crippen molar-refractivity contribution in [1.29, 1.82) is 0 Å². The van der Waals surface area contributed by atoms with Crippen molar-refractivity contribution in [2.75, 3.05) is 0 Å². The smallest absolute Gasteiger partial charge is 1.00 e. The zero-order valence-corrected chi connectivity index (χ0v) is 11.9. The molecule has 98 valence electrons. The van der Waals surface area contributed by atoms with Crippen molar-refractivity contribution in [3.05, 3.63) is 10.6 Å². The summed E-state index contributed by atoms with van der Waals surface area (Å²) in [7, 11) is 0. The van der Waals surface area contributed by atoms with Crippen LogP contribution in [0.2, 0.25) is 0 Å².